The van der Waals surface area contributed by atoms with Crippen molar-refractivity contribution in [3.8, 4) is 0 Å². The molecule has 0 unspecified atom stereocenters. The van der Waals surface area contributed by atoms with E-state index >= 15 is 0 Å². The highest BCUT2D eigenvalue weighted by Crippen LogP contribution is 2.19. The highest BCUT2D eigenvalue weighted by Gasteiger charge is 2.29. The smallest absolute Gasteiger partial charge is 0.315 e. The molecule has 2 atom stereocenters. The fourth-order valence-corrected chi connectivity index (χ4v) is 2.98. The van der Waals surface area contributed by atoms with Crippen LogP contribution in [0.2, 0.25) is 0 Å². The summed E-state index contributed by atoms with van der Waals surface area (Å²) >= 11 is 0. The minimum atomic E-state index is -0.551. The van der Waals surface area contributed by atoms with Crippen LogP contribution in [0.25, 0.3) is 0 Å². The number of piperidine rings is 1. The predicted molar refractivity (Wildman–Crippen MR) is 92.5 cm³/mol. The number of nitrogens with one attached hydrogen (secondary N) is 2. The molecule has 24 heavy (non-hydrogen) atoms. The Labute approximate surface area is 143 Å². The first-order valence-electron chi connectivity index (χ1n) is 8.52. The maximum absolute atomic E-state index is 12.3. The molecule has 1 aliphatic rings. The molecule has 0 aliphatic carbocycles. The minimum Gasteiger partial charge on any atom is -0.391 e. The number of hydrogen-bond acceptors (Lipinski definition) is 3. The number of nitrogens with zero attached hydrogens (tertiary/aromatic N) is 1. The number of aliphatic hydroxyl groups excluding tert-OH is 1. The number of aryl methyl sites for hydroxylation is 1. The van der Waals surface area contributed by atoms with Crippen molar-refractivity contribution in [3.05, 3.63) is 35.4 Å². The zero-order valence-corrected chi connectivity index (χ0v) is 14.4. The van der Waals surface area contributed by atoms with Crippen LogP contribution in [0.5, 0.6) is 0 Å². The van der Waals surface area contributed by atoms with Crippen molar-refractivity contribution < 1.29 is 14.7 Å². The molecule has 0 aromatic heterocycles. The average Bonchev–Trinajstić information content (AvgIpc) is 2.59. The normalized spacial score (nSPS) is 18.8. The van der Waals surface area contributed by atoms with Crippen LogP contribution in [-0.4, -0.2) is 47.2 Å². The summed E-state index contributed by atoms with van der Waals surface area (Å²) in [5.74, 6) is -0.147. The fraction of sp³-hybridized carbons (Fsp3) is 0.556. The predicted octanol–water partition coefficient (Wildman–Crippen LogP) is 1.56. The molecule has 6 heteroatoms. The monoisotopic (exact) mass is 333 g/mol. The Bertz CT molecular complexity index is 557. The molecule has 0 spiro atoms. The van der Waals surface area contributed by atoms with E-state index in [1.807, 2.05) is 31.2 Å². The molecule has 1 aromatic carbocycles. The first kappa shape index (κ1) is 18.3. The zero-order valence-electron chi connectivity index (χ0n) is 14.4. The van der Waals surface area contributed by atoms with Crippen molar-refractivity contribution in [3.63, 3.8) is 0 Å². The van der Waals surface area contributed by atoms with Gasteiger partial charge in [-0.3, -0.25) is 4.79 Å². The topological polar surface area (TPSA) is 81.7 Å². The molecule has 132 valence electrons. The lowest BCUT2D eigenvalue weighted by molar-refractivity contribution is -0.136. The second kappa shape index (κ2) is 8.68. The van der Waals surface area contributed by atoms with Gasteiger partial charge in [0.2, 0.25) is 5.91 Å². The number of amides is 3. The molecular weight excluding hydrogens is 306 g/mol. The van der Waals surface area contributed by atoms with Gasteiger partial charge >= 0.3 is 6.03 Å². The van der Waals surface area contributed by atoms with Crippen LogP contribution in [0.1, 0.15) is 37.3 Å². The second-order valence-corrected chi connectivity index (χ2v) is 6.41. The maximum Gasteiger partial charge on any atom is 0.315 e. The highest BCUT2D eigenvalue weighted by atomic mass is 16.3. The summed E-state index contributed by atoms with van der Waals surface area (Å²) < 4.78 is 0. The zero-order chi connectivity index (χ0) is 17.5. The van der Waals surface area contributed by atoms with E-state index in [-0.39, 0.29) is 24.5 Å². The standard InChI is InChI=1S/C18H27N3O3/c1-13-6-8-15(9-7-13)11-19-18(24)20-12-17(23)21-10-4-3-5-16(21)14(2)22/h6-9,14,16,22H,3-5,10-12H2,1-2H3,(H2,19,20,24)/t14-,16-/m0/s1. The van der Waals surface area contributed by atoms with Crippen LogP contribution in [-0.2, 0) is 11.3 Å². The average molecular weight is 333 g/mol. The Morgan fingerprint density at radius 1 is 1.25 bits per heavy atom. The van der Waals surface area contributed by atoms with E-state index in [9.17, 15) is 14.7 Å². The number of benzene rings is 1. The third-order valence-electron chi connectivity index (χ3n) is 4.40. The van der Waals surface area contributed by atoms with E-state index < -0.39 is 6.10 Å². The number of carbonyl (C=O) groups excluding carboxylic acids is 2. The molecule has 0 radical (unpaired) electrons. The fourth-order valence-electron chi connectivity index (χ4n) is 2.98. The van der Waals surface area contributed by atoms with E-state index in [4.69, 9.17) is 0 Å². The molecule has 6 nitrogen and oxygen atoms in total. The van der Waals surface area contributed by atoms with E-state index in [1.165, 1.54) is 5.56 Å². The third-order valence-corrected chi connectivity index (χ3v) is 4.40. The van der Waals surface area contributed by atoms with Crippen molar-refractivity contribution in [1.29, 1.82) is 0 Å². The first-order valence-corrected chi connectivity index (χ1v) is 8.52. The molecule has 1 saturated heterocycles. The molecule has 0 bridgehead atoms. The van der Waals surface area contributed by atoms with Gasteiger partial charge in [0.25, 0.3) is 0 Å². The van der Waals surface area contributed by atoms with Crippen LogP contribution in [0.4, 0.5) is 4.79 Å². The van der Waals surface area contributed by atoms with Crippen LogP contribution in [0.3, 0.4) is 0 Å². The van der Waals surface area contributed by atoms with E-state index in [0.717, 1.165) is 24.8 Å². The van der Waals surface area contributed by atoms with Gasteiger partial charge in [-0.05, 0) is 38.7 Å². The maximum atomic E-state index is 12.3. The van der Waals surface area contributed by atoms with Crippen LogP contribution in [0, 0.1) is 6.92 Å². The summed E-state index contributed by atoms with van der Waals surface area (Å²) in [6, 6.07) is 7.39. The van der Waals surface area contributed by atoms with Gasteiger partial charge in [-0.1, -0.05) is 29.8 Å². The molecule has 3 N–H and O–H groups in total. The van der Waals surface area contributed by atoms with Crippen LogP contribution in [0.15, 0.2) is 24.3 Å². The number of aliphatic hydroxyl groups is 1. The lowest BCUT2D eigenvalue weighted by Gasteiger charge is -2.37. The molecule has 1 aliphatic heterocycles. The van der Waals surface area contributed by atoms with Crippen molar-refractivity contribution in [1.82, 2.24) is 15.5 Å². The van der Waals surface area contributed by atoms with Gasteiger partial charge < -0.3 is 20.6 Å². The van der Waals surface area contributed by atoms with Crippen LogP contribution < -0.4 is 10.6 Å². The molecule has 1 fully saturated rings. The Kier molecular flexibility index (Phi) is 6.61. The first-order chi connectivity index (χ1) is 11.5. The molecular formula is C18H27N3O3. The summed E-state index contributed by atoms with van der Waals surface area (Å²) in [7, 11) is 0. The summed E-state index contributed by atoms with van der Waals surface area (Å²) in [5.41, 5.74) is 2.18. The lowest BCUT2D eigenvalue weighted by Crippen LogP contribution is -2.52. The Morgan fingerprint density at radius 3 is 2.62 bits per heavy atom. The Balaban J connectivity index is 1.76. The van der Waals surface area contributed by atoms with Gasteiger partial charge in [0.15, 0.2) is 0 Å². The van der Waals surface area contributed by atoms with E-state index in [0.29, 0.717) is 13.1 Å². The number of hydrogen-bond donors (Lipinski definition) is 3. The largest absolute Gasteiger partial charge is 0.391 e. The SMILES string of the molecule is Cc1ccc(CNC(=O)NCC(=O)N2CCCC[C@H]2[C@H](C)O)cc1. The number of rotatable bonds is 5. The molecule has 3 amide bonds. The van der Waals surface area contributed by atoms with Crippen molar-refractivity contribution in [2.75, 3.05) is 13.1 Å². The van der Waals surface area contributed by atoms with Gasteiger partial charge in [0.05, 0.1) is 18.7 Å². The molecule has 2 rings (SSSR count). The summed E-state index contributed by atoms with van der Waals surface area (Å²) in [6.07, 6.45) is 2.21. The van der Waals surface area contributed by atoms with E-state index in [1.54, 1.807) is 11.8 Å². The molecule has 0 saturated carbocycles. The van der Waals surface area contributed by atoms with E-state index in [2.05, 4.69) is 10.6 Å². The third kappa shape index (κ3) is 5.23. The van der Waals surface area contributed by atoms with Crippen LogP contribution >= 0.6 is 0 Å². The number of carbonyl (C=O) groups is 2. The van der Waals surface area contributed by atoms with Gasteiger partial charge in [-0.15, -0.1) is 0 Å². The molecule has 1 heterocycles. The summed E-state index contributed by atoms with van der Waals surface area (Å²) in [4.78, 5) is 25.8. The summed E-state index contributed by atoms with van der Waals surface area (Å²) in [5, 5.41) is 15.1. The van der Waals surface area contributed by atoms with Gasteiger partial charge in [-0.25, -0.2) is 4.79 Å². The Morgan fingerprint density at radius 2 is 1.96 bits per heavy atom. The number of likely N-dealkylation sites (tertiary alicyclic amines) is 1. The molecule has 1 aromatic rings. The van der Waals surface area contributed by atoms with Gasteiger partial charge in [0, 0.05) is 13.1 Å². The quantitative estimate of drug-likeness (QED) is 0.765. The lowest BCUT2D eigenvalue weighted by atomic mass is 9.98. The summed E-state index contributed by atoms with van der Waals surface area (Å²) in [6.45, 7) is 4.72. The van der Waals surface area contributed by atoms with Crippen molar-refractivity contribution >= 4 is 11.9 Å². The van der Waals surface area contributed by atoms with Crippen molar-refractivity contribution in [2.24, 2.45) is 0 Å². The highest BCUT2D eigenvalue weighted by molar-refractivity contribution is 5.84. The van der Waals surface area contributed by atoms with Gasteiger partial charge in [-0.2, -0.15) is 0 Å². The minimum absolute atomic E-state index is 0.0526. The second-order valence-electron chi connectivity index (χ2n) is 6.41. The Hall–Kier alpha value is -2.08. The van der Waals surface area contributed by atoms with Crippen molar-refractivity contribution in [2.45, 2.75) is 51.8 Å². The van der Waals surface area contributed by atoms with Gasteiger partial charge in [0.1, 0.15) is 0 Å². The number of urea groups is 1.